The summed E-state index contributed by atoms with van der Waals surface area (Å²) < 4.78 is 0. The highest BCUT2D eigenvalue weighted by Crippen LogP contribution is 2.28. The molecule has 0 fully saturated rings. The van der Waals surface area contributed by atoms with Crippen LogP contribution in [0, 0.1) is 0 Å². The number of para-hydroxylation sites is 1. The third kappa shape index (κ3) is 38.6. The number of unbranched alkanes of at least 4 members (excludes halogenated alkanes) is 1. The first-order valence-corrected chi connectivity index (χ1v) is 47.7. The van der Waals surface area contributed by atoms with Crippen LogP contribution in [0.15, 0.2) is 256 Å². The lowest BCUT2D eigenvalue weighted by atomic mass is 9.91. The summed E-state index contributed by atoms with van der Waals surface area (Å²) in [5.74, 6) is 5.11. The molecule has 4 aromatic heterocycles. The highest BCUT2D eigenvalue weighted by atomic mass is 16.2. The monoisotopic (exact) mass is 1750 g/mol. The van der Waals surface area contributed by atoms with E-state index in [1.807, 2.05) is 166 Å². The number of aromatic nitrogens is 4. The quantitative estimate of drug-likeness (QED) is 0.0316. The molecule has 11 aromatic rings. The molecule has 2 atom stereocenters. The van der Waals surface area contributed by atoms with E-state index < -0.39 is 0 Å². The van der Waals surface area contributed by atoms with Gasteiger partial charge in [-0.05, 0) is 232 Å². The van der Waals surface area contributed by atoms with Gasteiger partial charge in [-0.3, -0.25) is 53.5 Å². The first kappa shape index (κ1) is 105. The molecule has 0 aliphatic carbocycles. The normalized spacial score (nSPS) is 12.9. The number of hydrogen-bond donors (Lipinski definition) is 3. The number of amides is 1. The van der Waals surface area contributed by atoms with Crippen LogP contribution in [-0.2, 0) is 77.1 Å². The fourth-order valence-corrected chi connectivity index (χ4v) is 14.8. The Morgan fingerprint density at radius 1 is 0.346 bits per heavy atom. The summed E-state index contributed by atoms with van der Waals surface area (Å²) in [6.45, 7) is 37.4. The minimum Gasteiger partial charge on any atom is -0.375 e. The van der Waals surface area contributed by atoms with Crippen LogP contribution in [0.2, 0.25) is 0 Å². The lowest BCUT2D eigenvalue weighted by Crippen LogP contribution is -2.41. The molecule has 14 heteroatoms. The van der Waals surface area contributed by atoms with E-state index in [-0.39, 0.29) is 29.6 Å². The molecule has 14 nitrogen and oxygen atoms in total. The standard InChI is InChI=1S/2C20H24N2O.2C19H23NO.C14H20O.C13H19NO.C11H14O/c1-14(2)17-11-15(12-21-13-17)7-10-20(23)19-9-8-16-5-3-4-6-18(16)22-19;1-14(2)18-9-15(11-21-12-18)7-8-20(23)19-10-16-5-3-4-6-17(16)13-22-19;2*1-15(2)18-12-17(13-20-14-18)9-11-19(21)10-8-16-6-4-3-5-7-16;1-4-5-9-14(15)13-8-6-7-12(10-13)11(2)3;1-4-9-14-13(15)12-7-5-11(6-8-12)10(2)3;1-8(2)10-4-6-11(7-5-10)9(3)12/h3-6,11-14,19,22H,7-10H2,1-2H3;3-6,9,11-12,14,19,22H,7-8,10,13H2,1-2H3;2*3-7,12-15H,8-11H2,1-2H3;6-8,10-11H,4-5,9H2,1-3H3;5-8,10H,4,9H2,1-3H3,(H,14,15);4-8H,1-3H3. The Morgan fingerprint density at radius 2 is 0.731 bits per heavy atom. The van der Waals surface area contributed by atoms with E-state index >= 15 is 0 Å². The van der Waals surface area contributed by atoms with E-state index in [0.29, 0.717) is 110 Å². The Kier molecular flexibility index (Phi) is 46.6. The van der Waals surface area contributed by atoms with Crippen molar-refractivity contribution in [1.82, 2.24) is 30.6 Å². The van der Waals surface area contributed by atoms with E-state index in [0.717, 1.165) is 135 Å². The van der Waals surface area contributed by atoms with Gasteiger partial charge >= 0.3 is 0 Å². The van der Waals surface area contributed by atoms with Crippen LogP contribution in [0.1, 0.15) is 350 Å². The molecule has 0 saturated heterocycles. The topological polar surface area (TPSA) is 207 Å². The minimum atomic E-state index is -0.0499. The first-order valence-electron chi connectivity index (χ1n) is 47.7. The van der Waals surface area contributed by atoms with Gasteiger partial charge < -0.3 is 16.0 Å². The van der Waals surface area contributed by atoms with E-state index in [2.05, 4.69) is 237 Å². The number of benzene rings is 7. The molecule has 2 aliphatic heterocycles. The zero-order chi connectivity index (χ0) is 94.3. The van der Waals surface area contributed by atoms with E-state index in [9.17, 15) is 33.6 Å². The van der Waals surface area contributed by atoms with Gasteiger partial charge in [0, 0.05) is 130 Å². The smallest absolute Gasteiger partial charge is 0.251 e. The molecule has 3 N–H and O–H groups in total. The summed E-state index contributed by atoms with van der Waals surface area (Å²) in [4.78, 5) is 100. The van der Waals surface area contributed by atoms with Crippen molar-refractivity contribution in [3.63, 3.8) is 0 Å². The van der Waals surface area contributed by atoms with E-state index in [4.69, 9.17) is 0 Å². The van der Waals surface area contributed by atoms with Gasteiger partial charge in [-0.2, -0.15) is 0 Å². The lowest BCUT2D eigenvalue weighted by molar-refractivity contribution is -0.121. The first-order chi connectivity index (χ1) is 62.5. The number of fused-ring (bicyclic) bond motifs is 2. The highest BCUT2D eigenvalue weighted by molar-refractivity contribution is 5.96. The molecule has 0 radical (unpaired) electrons. The van der Waals surface area contributed by atoms with Gasteiger partial charge in [-0.25, -0.2) is 0 Å². The molecular weight excluding hydrogens is 1600 g/mol. The molecule has 6 heterocycles. The third-order valence-corrected chi connectivity index (χ3v) is 23.6. The summed E-state index contributed by atoms with van der Waals surface area (Å²) in [5, 5.41) is 9.63. The van der Waals surface area contributed by atoms with Crippen molar-refractivity contribution in [2.75, 3.05) is 11.9 Å². The number of nitrogens with one attached hydrogen (secondary N) is 3. The molecule has 13 rings (SSSR count). The Balaban J connectivity index is 0.000000210. The second-order valence-corrected chi connectivity index (χ2v) is 36.6. The van der Waals surface area contributed by atoms with Crippen molar-refractivity contribution in [3.05, 3.63) is 362 Å². The molecule has 7 aromatic carbocycles. The Morgan fingerprint density at radius 3 is 1.15 bits per heavy atom. The average Bonchev–Trinajstić information content (AvgIpc) is 0.831. The SMILES string of the molecule is CC(=O)c1ccc(C(C)C)cc1.CC(C)c1cncc(CCC(=O)C2CCc3ccccc3N2)c1.CC(C)c1cncc(CCC(=O)C2Cc3ccccc3CN2)c1.CC(C)c1cncc(CCC(=O)CCc2ccccc2)c1.CC(C)c1cncc(CCC(=O)CCc2ccccc2)c1.CCCCC(=O)c1cccc(C(C)C)c1.CCCNC(=O)c1ccc(C(C)C)cc1. The zero-order valence-electron chi connectivity index (χ0n) is 80.9. The van der Waals surface area contributed by atoms with Gasteiger partial charge in [0.25, 0.3) is 5.91 Å². The van der Waals surface area contributed by atoms with Crippen LogP contribution >= 0.6 is 0 Å². The maximum Gasteiger partial charge on any atom is 0.251 e. The van der Waals surface area contributed by atoms with Gasteiger partial charge in [0.1, 0.15) is 17.3 Å². The van der Waals surface area contributed by atoms with Crippen LogP contribution in [0.5, 0.6) is 0 Å². The number of ketones is 6. The van der Waals surface area contributed by atoms with Crippen LogP contribution in [0.4, 0.5) is 5.69 Å². The van der Waals surface area contributed by atoms with Gasteiger partial charge in [0.05, 0.1) is 12.1 Å². The second kappa shape index (κ2) is 57.4. The molecule has 130 heavy (non-hydrogen) atoms. The second-order valence-electron chi connectivity index (χ2n) is 36.6. The summed E-state index contributed by atoms with van der Waals surface area (Å²) in [7, 11) is 0. The Labute approximate surface area is 778 Å². The summed E-state index contributed by atoms with van der Waals surface area (Å²) in [5.41, 5.74) is 23.3. The summed E-state index contributed by atoms with van der Waals surface area (Å²) >= 11 is 0. The van der Waals surface area contributed by atoms with Gasteiger partial charge in [-0.15, -0.1) is 0 Å². The molecule has 2 unspecified atom stereocenters. The molecule has 2 aliphatic rings. The van der Waals surface area contributed by atoms with Crippen molar-refractivity contribution < 1.29 is 33.6 Å². The molecule has 0 bridgehead atoms. The van der Waals surface area contributed by atoms with Gasteiger partial charge in [0.15, 0.2) is 17.3 Å². The largest absolute Gasteiger partial charge is 0.375 e. The zero-order valence-corrected chi connectivity index (χ0v) is 80.9. The van der Waals surface area contributed by atoms with Crippen molar-refractivity contribution in [3.8, 4) is 0 Å². The van der Waals surface area contributed by atoms with Gasteiger partial charge in [-0.1, -0.05) is 299 Å². The molecule has 1 amide bonds. The fraction of sp³-hybridized carbons (Fsp3) is 0.405. The maximum absolute atomic E-state index is 12.5. The maximum atomic E-state index is 12.5. The number of nitrogens with zero attached hydrogens (tertiary/aromatic N) is 4. The number of aryl methyl sites for hydroxylation is 7. The fourth-order valence-electron chi connectivity index (χ4n) is 14.8. The minimum absolute atomic E-state index is 0.0205. The number of hydrogen-bond acceptors (Lipinski definition) is 13. The van der Waals surface area contributed by atoms with E-state index in [1.165, 1.54) is 66.8 Å². The van der Waals surface area contributed by atoms with E-state index in [1.54, 1.807) is 6.92 Å². The number of carbonyl (C=O) groups excluding carboxylic acids is 7. The average molecular weight is 1750 g/mol. The number of Topliss-reactive ketones (excluding diaryl/α,β-unsaturated/α-hetero) is 6. The van der Waals surface area contributed by atoms with Crippen LogP contribution in [0.25, 0.3) is 0 Å². The molecular formula is C116H147N7O7. The van der Waals surface area contributed by atoms with Crippen molar-refractivity contribution in [1.29, 1.82) is 0 Å². The highest BCUT2D eigenvalue weighted by Gasteiger charge is 2.26. The summed E-state index contributed by atoms with van der Waals surface area (Å²) in [6, 6.07) is 69.2. The predicted octanol–water partition coefficient (Wildman–Crippen LogP) is 26.4. The lowest BCUT2D eigenvalue weighted by Gasteiger charge is -2.26. The van der Waals surface area contributed by atoms with Crippen molar-refractivity contribution in [2.24, 2.45) is 0 Å². The van der Waals surface area contributed by atoms with Gasteiger partial charge in [0.2, 0.25) is 0 Å². The Bertz CT molecular complexity index is 5020. The van der Waals surface area contributed by atoms with Crippen LogP contribution < -0.4 is 16.0 Å². The predicted molar refractivity (Wildman–Crippen MR) is 537 cm³/mol. The number of rotatable bonds is 35. The van der Waals surface area contributed by atoms with Crippen molar-refractivity contribution in [2.45, 2.75) is 300 Å². The third-order valence-electron chi connectivity index (χ3n) is 23.6. The molecule has 688 valence electrons. The van der Waals surface area contributed by atoms with Crippen LogP contribution in [-0.4, -0.2) is 79.2 Å². The Hall–Kier alpha value is -11.6. The number of pyridine rings is 4. The number of anilines is 1. The number of carbonyl (C=O) groups is 7. The summed E-state index contributed by atoms with van der Waals surface area (Å²) in [6.07, 6.45) is 29.9. The van der Waals surface area contributed by atoms with Crippen LogP contribution in [0.3, 0.4) is 0 Å². The van der Waals surface area contributed by atoms with Crippen molar-refractivity contribution >= 4 is 46.3 Å². The molecule has 0 spiro atoms. The molecule has 0 saturated carbocycles.